The third kappa shape index (κ3) is 3.88. The van der Waals surface area contributed by atoms with Crippen LogP contribution in [0.25, 0.3) is 0 Å². The van der Waals surface area contributed by atoms with Crippen LogP contribution in [0.15, 0.2) is 18.3 Å². The molecule has 1 aliphatic heterocycles. The highest BCUT2D eigenvalue weighted by Crippen LogP contribution is 2.36. The van der Waals surface area contributed by atoms with E-state index in [1.165, 1.54) is 32.1 Å². The van der Waals surface area contributed by atoms with Crippen LogP contribution in [0.1, 0.15) is 45.4 Å². The minimum absolute atomic E-state index is 0.598. The molecule has 0 spiro atoms. The summed E-state index contributed by atoms with van der Waals surface area (Å²) in [6.07, 6.45) is 9.43. The molecule has 1 saturated carbocycles. The number of hydrogen-bond donors (Lipinski definition) is 1. The van der Waals surface area contributed by atoms with Gasteiger partial charge < -0.3 is 15.0 Å². The lowest BCUT2D eigenvalue weighted by Gasteiger charge is -2.32. The van der Waals surface area contributed by atoms with E-state index in [0.717, 1.165) is 37.7 Å². The molecule has 4 heteroatoms. The van der Waals surface area contributed by atoms with Gasteiger partial charge in [0.05, 0.1) is 6.61 Å². The van der Waals surface area contributed by atoms with Gasteiger partial charge in [0.15, 0.2) is 11.6 Å². The number of rotatable bonds is 7. The number of aromatic nitrogens is 1. The summed E-state index contributed by atoms with van der Waals surface area (Å²) >= 11 is 0. The molecule has 1 N–H and O–H groups in total. The summed E-state index contributed by atoms with van der Waals surface area (Å²) < 4.78 is 5.91. The van der Waals surface area contributed by atoms with Crippen molar-refractivity contribution in [2.24, 2.45) is 0 Å². The molecule has 0 bridgehead atoms. The quantitative estimate of drug-likeness (QED) is 0.837. The van der Waals surface area contributed by atoms with Gasteiger partial charge in [-0.25, -0.2) is 4.98 Å². The van der Waals surface area contributed by atoms with Crippen LogP contribution in [0.2, 0.25) is 0 Å². The van der Waals surface area contributed by atoms with Crippen molar-refractivity contribution >= 4 is 5.82 Å². The van der Waals surface area contributed by atoms with Crippen molar-refractivity contribution in [3.05, 3.63) is 18.3 Å². The number of ether oxygens (including phenoxy) is 1. The van der Waals surface area contributed by atoms with E-state index >= 15 is 0 Å². The Bertz CT molecular complexity index is 441. The average molecular weight is 289 g/mol. The van der Waals surface area contributed by atoms with Gasteiger partial charge in [0, 0.05) is 24.8 Å². The van der Waals surface area contributed by atoms with Gasteiger partial charge >= 0.3 is 0 Å². The van der Waals surface area contributed by atoms with Crippen LogP contribution in [0.5, 0.6) is 5.75 Å². The molecule has 4 nitrogen and oxygen atoms in total. The van der Waals surface area contributed by atoms with Crippen LogP contribution in [-0.2, 0) is 0 Å². The third-order valence-electron chi connectivity index (χ3n) is 4.30. The fourth-order valence-electron chi connectivity index (χ4n) is 3.03. The van der Waals surface area contributed by atoms with E-state index in [2.05, 4.69) is 28.2 Å². The Morgan fingerprint density at radius 3 is 2.95 bits per heavy atom. The zero-order chi connectivity index (χ0) is 14.5. The summed E-state index contributed by atoms with van der Waals surface area (Å²) in [5.41, 5.74) is 0. The zero-order valence-corrected chi connectivity index (χ0v) is 13.1. The van der Waals surface area contributed by atoms with Gasteiger partial charge in [0.2, 0.25) is 0 Å². The Labute approximate surface area is 127 Å². The van der Waals surface area contributed by atoms with Crippen LogP contribution in [-0.4, -0.2) is 36.8 Å². The van der Waals surface area contributed by atoms with Gasteiger partial charge in [-0.3, -0.25) is 0 Å². The smallest absolute Gasteiger partial charge is 0.171 e. The first-order chi connectivity index (χ1) is 10.4. The Hall–Kier alpha value is -1.29. The molecule has 3 rings (SSSR count). The summed E-state index contributed by atoms with van der Waals surface area (Å²) in [5.74, 6) is 1.99. The normalized spacial score (nSPS) is 22.0. The summed E-state index contributed by atoms with van der Waals surface area (Å²) in [4.78, 5) is 7.11. The van der Waals surface area contributed by atoms with Crippen molar-refractivity contribution in [3.63, 3.8) is 0 Å². The maximum Gasteiger partial charge on any atom is 0.171 e. The van der Waals surface area contributed by atoms with E-state index in [0.29, 0.717) is 12.1 Å². The molecule has 1 aliphatic carbocycles. The molecule has 1 aromatic rings. The maximum absolute atomic E-state index is 5.91. The topological polar surface area (TPSA) is 37.4 Å². The molecule has 1 atom stereocenters. The lowest BCUT2D eigenvalue weighted by atomic mass is 10.0. The van der Waals surface area contributed by atoms with E-state index in [1.54, 1.807) is 0 Å². The van der Waals surface area contributed by atoms with Crippen LogP contribution in [0.3, 0.4) is 0 Å². The Balaban J connectivity index is 1.73. The number of nitrogens with zero attached hydrogens (tertiary/aromatic N) is 2. The number of piperidine rings is 1. The van der Waals surface area contributed by atoms with E-state index < -0.39 is 0 Å². The summed E-state index contributed by atoms with van der Waals surface area (Å²) in [7, 11) is 0. The fraction of sp³-hybridized carbons (Fsp3) is 0.706. The maximum atomic E-state index is 5.91. The van der Waals surface area contributed by atoms with E-state index in [4.69, 9.17) is 4.74 Å². The van der Waals surface area contributed by atoms with Crippen molar-refractivity contribution in [2.75, 3.05) is 24.6 Å². The van der Waals surface area contributed by atoms with Gasteiger partial charge in [-0.15, -0.1) is 0 Å². The number of anilines is 1. The lowest BCUT2D eigenvalue weighted by molar-refractivity contribution is 0.315. The summed E-state index contributed by atoms with van der Waals surface area (Å²) in [6, 6.07) is 5.29. The molecule has 1 aromatic heterocycles. The Kier molecular flexibility index (Phi) is 4.96. The Morgan fingerprint density at radius 2 is 2.24 bits per heavy atom. The average Bonchev–Trinajstić information content (AvgIpc) is 3.37. The molecule has 116 valence electrons. The fourth-order valence-corrected chi connectivity index (χ4v) is 3.03. The number of nitrogens with one attached hydrogen (secondary N) is 1. The van der Waals surface area contributed by atoms with E-state index in [1.807, 2.05) is 12.3 Å². The Morgan fingerprint density at radius 1 is 1.33 bits per heavy atom. The number of pyridine rings is 1. The predicted octanol–water partition coefficient (Wildman–Crippen LogP) is 2.98. The van der Waals surface area contributed by atoms with Crippen molar-refractivity contribution in [3.8, 4) is 5.75 Å². The van der Waals surface area contributed by atoms with E-state index in [9.17, 15) is 0 Å². The first-order valence-electron chi connectivity index (χ1n) is 8.46. The SMILES string of the molecule is CCCOc1cccnc1N(CC1CCCCN1)C1CC1. The molecule has 1 saturated heterocycles. The highest BCUT2D eigenvalue weighted by molar-refractivity contribution is 5.54. The van der Waals surface area contributed by atoms with Crippen molar-refractivity contribution in [1.29, 1.82) is 0 Å². The largest absolute Gasteiger partial charge is 0.490 e. The van der Waals surface area contributed by atoms with Gasteiger partial charge in [-0.1, -0.05) is 13.3 Å². The van der Waals surface area contributed by atoms with Crippen LogP contribution < -0.4 is 15.0 Å². The highest BCUT2D eigenvalue weighted by atomic mass is 16.5. The second-order valence-corrected chi connectivity index (χ2v) is 6.20. The first kappa shape index (κ1) is 14.6. The molecular formula is C17H27N3O. The summed E-state index contributed by atoms with van der Waals surface area (Å²) in [6.45, 7) is 5.12. The molecule has 1 unspecified atom stereocenters. The van der Waals surface area contributed by atoms with Gasteiger partial charge in [-0.2, -0.15) is 0 Å². The third-order valence-corrected chi connectivity index (χ3v) is 4.30. The van der Waals surface area contributed by atoms with Crippen LogP contribution >= 0.6 is 0 Å². The highest BCUT2D eigenvalue weighted by Gasteiger charge is 2.33. The molecule has 21 heavy (non-hydrogen) atoms. The molecule has 2 aliphatic rings. The number of hydrogen-bond acceptors (Lipinski definition) is 4. The zero-order valence-electron chi connectivity index (χ0n) is 13.1. The first-order valence-corrected chi connectivity index (χ1v) is 8.46. The summed E-state index contributed by atoms with van der Waals surface area (Å²) in [5, 5.41) is 3.65. The van der Waals surface area contributed by atoms with Gasteiger partial charge in [0.25, 0.3) is 0 Å². The van der Waals surface area contributed by atoms with E-state index in [-0.39, 0.29) is 0 Å². The lowest BCUT2D eigenvalue weighted by Crippen LogP contribution is -2.45. The van der Waals surface area contributed by atoms with Crippen molar-refractivity contribution in [1.82, 2.24) is 10.3 Å². The molecule has 2 heterocycles. The van der Waals surface area contributed by atoms with Crippen molar-refractivity contribution < 1.29 is 4.74 Å². The molecule has 0 radical (unpaired) electrons. The van der Waals surface area contributed by atoms with Crippen LogP contribution in [0, 0.1) is 0 Å². The monoisotopic (exact) mass is 289 g/mol. The second-order valence-electron chi connectivity index (χ2n) is 6.20. The van der Waals surface area contributed by atoms with Crippen molar-refractivity contribution in [2.45, 2.75) is 57.5 Å². The minimum Gasteiger partial charge on any atom is -0.490 e. The minimum atomic E-state index is 0.598. The molecule has 0 aromatic carbocycles. The van der Waals surface area contributed by atoms with Gasteiger partial charge in [0.1, 0.15) is 0 Å². The molecule has 0 amide bonds. The molecule has 2 fully saturated rings. The van der Waals surface area contributed by atoms with Crippen LogP contribution in [0.4, 0.5) is 5.82 Å². The standard InChI is InChI=1S/C17H27N3O/c1-2-12-21-16-7-5-11-19-17(16)20(15-8-9-15)13-14-6-3-4-10-18-14/h5,7,11,14-15,18H,2-4,6,8-10,12-13H2,1H3. The predicted molar refractivity (Wildman–Crippen MR) is 86.0 cm³/mol. The second kappa shape index (κ2) is 7.12. The van der Waals surface area contributed by atoms with Gasteiger partial charge in [-0.05, 0) is 50.8 Å². The molecular weight excluding hydrogens is 262 g/mol.